The number of pyridine rings is 1. The Morgan fingerprint density at radius 3 is 2.32 bits per heavy atom. The third kappa shape index (κ3) is 6.80. The lowest BCUT2D eigenvalue weighted by Crippen LogP contribution is -2.76. The predicted octanol–water partition coefficient (Wildman–Crippen LogP) is 3.90. The van der Waals surface area contributed by atoms with Crippen LogP contribution < -0.4 is 5.32 Å². The number of fused-ring (bicyclic) bond motifs is 1. The SMILES string of the molecule is C=CCN1CC(=O)N2[C@@H](Cc3ccc(O)cc3)C(=O)N(Cc3cccnc3-c3ccc(O)cc3)C[C@@H]2N1C(=O)NCc1ccccc1. The number of hydrogen-bond donors (Lipinski definition) is 3. The molecule has 11 heteroatoms. The van der Waals surface area contributed by atoms with Gasteiger partial charge in [-0.25, -0.2) is 14.8 Å². The Hall–Kier alpha value is -5.68. The van der Waals surface area contributed by atoms with Crippen LogP contribution in [0.25, 0.3) is 11.3 Å². The molecule has 0 unspecified atom stereocenters. The number of carbonyl (C=O) groups excluding carboxylic acids is 3. The van der Waals surface area contributed by atoms with Crippen molar-refractivity contribution in [3.05, 3.63) is 127 Å². The van der Waals surface area contributed by atoms with Crippen LogP contribution >= 0.6 is 0 Å². The number of carbonyl (C=O) groups is 3. The average molecular weight is 633 g/mol. The standard InChI is InChI=1S/C36H36N6O5/c1-2-19-40-24-33(45)41-31(20-25-10-14-29(43)15-11-25)35(46)39(22-28-9-6-18-37-34(28)27-12-16-30(44)17-13-27)23-32(41)42(40)36(47)38-21-26-7-4-3-5-8-26/h2-18,31-32,43-44H,1,19-24H2,(H,38,47)/t31-,32-/m0/s1. The zero-order chi connectivity index (χ0) is 32.9. The molecule has 1 aromatic heterocycles. The van der Waals surface area contributed by atoms with Crippen LogP contribution in [0.5, 0.6) is 11.5 Å². The first-order chi connectivity index (χ1) is 22.8. The zero-order valence-corrected chi connectivity index (χ0v) is 25.8. The number of amides is 4. The second-order valence-electron chi connectivity index (χ2n) is 11.6. The van der Waals surface area contributed by atoms with E-state index >= 15 is 0 Å². The van der Waals surface area contributed by atoms with E-state index in [0.717, 1.165) is 22.3 Å². The van der Waals surface area contributed by atoms with Crippen molar-refractivity contribution in [2.24, 2.45) is 0 Å². The molecule has 0 aliphatic carbocycles. The van der Waals surface area contributed by atoms with Gasteiger partial charge in [-0.05, 0) is 59.2 Å². The highest BCUT2D eigenvalue weighted by molar-refractivity contribution is 5.92. The minimum atomic E-state index is -0.908. The molecule has 0 spiro atoms. The number of benzene rings is 3. The van der Waals surface area contributed by atoms with Gasteiger partial charge in [0.25, 0.3) is 0 Å². The summed E-state index contributed by atoms with van der Waals surface area (Å²) in [5, 5.41) is 25.9. The van der Waals surface area contributed by atoms with Gasteiger partial charge in [0.05, 0.1) is 18.8 Å². The van der Waals surface area contributed by atoms with Crippen LogP contribution in [0.3, 0.4) is 0 Å². The second-order valence-corrected chi connectivity index (χ2v) is 11.6. The number of aromatic nitrogens is 1. The Labute approximate surface area is 272 Å². The molecular formula is C36H36N6O5. The van der Waals surface area contributed by atoms with Crippen LogP contribution in [0.4, 0.5) is 4.79 Å². The van der Waals surface area contributed by atoms with E-state index in [1.807, 2.05) is 36.4 Å². The molecule has 2 saturated heterocycles. The number of rotatable bonds is 9. The van der Waals surface area contributed by atoms with Gasteiger partial charge in [-0.15, -0.1) is 6.58 Å². The maximum atomic E-state index is 14.4. The van der Waals surface area contributed by atoms with E-state index in [1.54, 1.807) is 81.8 Å². The molecule has 240 valence electrons. The van der Waals surface area contributed by atoms with Gasteiger partial charge in [0, 0.05) is 37.8 Å². The van der Waals surface area contributed by atoms with Gasteiger partial charge in [-0.2, -0.15) is 0 Å². The van der Waals surface area contributed by atoms with Crippen molar-refractivity contribution < 1.29 is 24.6 Å². The van der Waals surface area contributed by atoms with Crippen LogP contribution in [0.2, 0.25) is 0 Å². The van der Waals surface area contributed by atoms with Crippen LogP contribution in [-0.2, 0) is 29.1 Å². The van der Waals surface area contributed by atoms with E-state index in [1.165, 1.54) is 4.90 Å². The topological polar surface area (TPSA) is 130 Å². The summed E-state index contributed by atoms with van der Waals surface area (Å²) < 4.78 is 0. The first-order valence-electron chi connectivity index (χ1n) is 15.4. The van der Waals surface area contributed by atoms with Gasteiger partial charge in [0.1, 0.15) is 23.7 Å². The molecule has 3 heterocycles. The van der Waals surface area contributed by atoms with E-state index in [0.29, 0.717) is 5.69 Å². The number of nitrogens with zero attached hydrogens (tertiary/aromatic N) is 5. The molecule has 2 atom stereocenters. The van der Waals surface area contributed by atoms with Crippen molar-refractivity contribution in [1.29, 1.82) is 0 Å². The van der Waals surface area contributed by atoms with Crippen LogP contribution in [0.15, 0.2) is 110 Å². The number of urea groups is 1. The molecule has 0 radical (unpaired) electrons. The summed E-state index contributed by atoms with van der Waals surface area (Å²) in [5.41, 5.74) is 3.88. The summed E-state index contributed by atoms with van der Waals surface area (Å²) in [6, 6.07) is 25.2. The van der Waals surface area contributed by atoms with Gasteiger partial charge in [-0.1, -0.05) is 54.6 Å². The Morgan fingerprint density at radius 1 is 0.915 bits per heavy atom. The fourth-order valence-corrected chi connectivity index (χ4v) is 6.20. The fourth-order valence-electron chi connectivity index (χ4n) is 6.20. The van der Waals surface area contributed by atoms with Gasteiger partial charge in [0.15, 0.2) is 0 Å². The van der Waals surface area contributed by atoms with Gasteiger partial charge in [0.2, 0.25) is 11.8 Å². The Bertz CT molecular complexity index is 1750. The van der Waals surface area contributed by atoms with Crippen LogP contribution in [0.1, 0.15) is 16.7 Å². The third-order valence-corrected chi connectivity index (χ3v) is 8.42. The monoisotopic (exact) mass is 632 g/mol. The number of phenolic OH excluding ortho intramolecular Hbond substituents is 2. The van der Waals surface area contributed by atoms with E-state index in [-0.39, 0.29) is 62.5 Å². The lowest BCUT2D eigenvalue weighted by Gasteiger charge is -2.55. The lowest BCUT2D eigenvalue weighted by molar-refractivity contribution is -0.189. The molecule has 6 rings (SSSR count). The first-order valence-corrected chi connectivity index (χ1v) is 15.4. The molecule has 3 N–H and O–H groups in total. The lowest BCUT2D eigenvalue weighted by atomic mass is 9.97. The highest BCUT2D eigenvalue weighted by Crippen LogP contribution is 2.31. The maximum Gasteiger partial charge on any atom is 0.334 e. The largest absolute Gasteiger partial charge is 0.508 e. The van der Waals surface area contributed by atoms with E-state index in [4.69, 9.17) is 0 Å². The smallest absolute Gasteiger partial charge is 0.334 e. The zero-order valence-electron chi connectivity index (χ0n) is 25.8. The van der Waals surface area contributed by atoms with Crippen LogP contribution in [-0.4, -0.2) is 84.7 Å². The summed E-state index contributed by atoms with van der Waals surface area (Å²) in [6.45, 7) is 4.51. The molecule has 4 aromatic rings. The van der Waals surface area contributed by atoms with E-state index < -0.39 is 18.2 Å². The quantitative estimate of drug-likeness (QED) is 0.239. The molecular weight excluding hydrogens is 596 g/mol. The first kappa shape index (κ1) is 31.3. The van der Waals surface area contributed by atoms with Crippen molar-refractivity contribution in [1.82, 2.24) is 30.1 Å². The number of hydrazine groups is 1. The van der Waals surface area contributed by atoms with Crippen molar-refractivity contribution in [3.63, 3.8) is 0 Å². The molecule has 0 saturated carbocycles. The Kier molecular flexibility index (Phi) is 9.16. The van der Waals surface area contributed by atoms with Crippen molar-refractivity contribution in [2.75, 3.05) is 19.6 Å². The molecule has 47 heavy (non-hydrogen) atoms. The average Bonchev–Trinajstić information content (AvgIpc) is 3.08. The number of aromatic hydroxyl groups is 2. The normalized spacial score (nSPS) is 18.2. The molecule has 0 bridgehead atoms. The number of phenols is 2. The minimum Gasteiger partial charge on any atom is -0.508 e. The third-order valence-electron chi connectivity index (χ3n) is 8.42. The van der Waals surface area contributed by atoms with Gasteiger partial charge < -0.3 is 25.3 Å². The van der Waals surface area contributed by atoms with Crippen LogP contribution in [0, 0.1) is 0 Å². The van der Waals surface area contributed by atoms with Gasteiger partial charge in [-0.3, -0.25) is 14.6 Å². The molecule has 11 nitrogen and oxygen atoms in total. The molecule has 2 fully saturated rings. The summed E-state index contributed by atoms with van der Waals surface area (Å²) in [7, 11) is 0. The summed E-state index contributed by atoms with van der Waals surface area (Å²) in [6.07, 6.45) is 2.70. The highest BCUT2D eigenvalue weighted by Gasteiger charge is 2.51. The van der Waals surface area contributed by atoms with Crippen molar-refractivity contribution >= 4 is 17.8 Å². The molecule has 2 aliphatic heterocycles. The van der Waals surface area contributed by atoms with Gasteiger partial charge >= 0.3 is 6.03 Å². The molecule has 4 amide bonds. The maximum absolute atomic E-state index is 14.4. The number of hydrogen-bond acceptors (Lipinski definition) is 7. The minimum absolute atomic E-state index is 0.0625. The Morgan fingerprint density at radius 2 is 1.62 bits per heavy atom. The van der Waals surface area contributed by atoms with E-state index in [9.17, 15) is 24.6 Å². The highest BCUT2D eigenvalue weighted by atomic mass is 16.3. The Balaban J connectivity index is 1.37. The fraction of sp³-hybridized carbons (Fsp3) is 0.222. The molecule has 2 aliphatic rings. The predicted molar refractivity (Wildman–Crippen MR) is 175 cm³/mol. The van der Waals surface area contributed by atoms with E-state index in [2.05, 4.69) is 16.9 Å². The number of piperazine rings is 1. The summed E-state index contributed by atoms with van der Waals surface area (Å²) in [4.78, 5) is 50.0. The number of nitrogens with one attached hydrogen (secondary N) is 1. The second kappa shape index (κ2) is 13.8. The summed E-state index contributed by atoms with van der Waals surface area (Å²) in [5.74, 6) is -0.305. The van der Waals surface area contributed by atoms with Crippen molar-refractivity contribution in [2.45, 2.75) is 31.7 Å². The molecule has 3 aromatic carbocycles. The summed E-state index contributed by atoms with van der Waals surface area (Å²) >= 11 is 0. The van der Waals surface area contributed by atoms with Crippen molar-refractivity contribution in [3.8, 4) is 22.8 Å².